The number of piperidine rings is 1. The summed E-state index contributed by atoms with van der Waals surface area (Å²) in [5.74, 6) is 1.67. The van der Waals surface area contributed by atoms with Gasteiger partial charge in [0.15, 0.2) is 0 Å². The van der Waals surface area contributed by atoms with E-state index in [9.17, 15) is 13.2 Å². The number of nitrogens with zero attached hydrogens (tertiary/aromatic N) is 3. The average Bonchev–Trinajstić information content (AvgIpc) is 3.26. The third-order valence-corrected chi connectivity index (χ3v) is 6.31. The number of oxazole rings is 1. The molecule has 2 aromatic carbocycles. The summed E-state index contributed by atoms with van der Waals surface area (Å²) in [5, 5.41) is 0. The fourth-order valence-electron chi connectivity index (χ4n) is 4.36. The lowest BCUT2D eigenvalue weighted by Crippen LogP contribution is -2.38. The Kier molecular flexibility index (Phi) is 7.14. The molecule has 37 heavy (non-hydrogen) atoms. The Bertz CT molecular complexity index is 1300. The Hall–Kier alpha value is -3.85. The molecule has 6 nitrogen and oxygen atoms in total. The van der Waals surface area contributed by atoms with E-state index in [1.807, 2.05) is 43.3 Å². The fraction of sp³-hybridized carbons (Fsp3) is 0.286. The molecule has 1 aliphatic heterocycles. The van der Waals surface area contributed by atoms with Crippen molar-refractivity contribution in [3.8, 4) is 34.1 Å². The number of alkyl halides is 3. The Labute approximate surface area is 212 Å². The van der Waals surface area contributed by atoms with Crippen LogP contribution in [0.2, 0.25) is 0 Å². The molecule has 4 aromatic rings. The molecule has 0 unspecified atom stereocenters. The summed E-state index contributed by atoms with van der Waals surface area (Å²) in [7, 11) is 0. The molecule has 0 N–H and O–H groups in total. The van der Waals surface area contributed by atoms with Crippen LogP contribution in [0.1, 0.15) is 24.3 Å². The Balaban J connectivity index is 1.14. The monoisotopic (exact) mass is 509 g/mol. The average molecular weight is 510 g/mol. The fourth-order valence-corrected chi connectivity index (χ4v) is 4.36. The third-order valence-electron chi connectivity index (χ3n) is 6.31. The van der Waals surface area contributed by atoms with Gasteiger partial charge in [-0.1, -0.05) is 12.1 Å². The van der Waals surface area contributed by atoms with E-state index in [1.165, 1.54) is 24.3 Å². The Morgan fingerprint density at radius 3 is 2.11 bits per heavy atom. The second-order valence-corrected chi connectivity index (χ2v) is 8.95. The van der Waals surface area contributed by atoms with Crippen LogP contribution in [0.15, 0.2) is 77.5 Å². The van der Waals surface area contributed by atoms with Crippen molar-refractivity contribution < 1.29 is 27.1 Å². The van der Waals surface area contributed by atoms with Gasteiger partial charge >= 0.3 is 6.36 Å². The molecule has 0 spiro atoms. The summed E-state index contributed by atoms with van der Waals surface area (Å²) in [4.78, 5) is 11.1. The first-order valence-electron chi connectivity index (χ1n) is 12.0. The number of rotatable bonds is 7. The van der Waals surface area contributed by atoms with E-state index in [0.29, 0.717) is 18.2 Å². The molecule has 1 aliphatic rings. The molecular weight excluding hydrogens is 483 g/mol. The molecule has 1 saturated heterocycles. The first-order chi connectivity index (χ1) is 17.8. The highest BCUT2D eigenvalue weighted by Crippen LogP contribution is 2.28. The summed E-state index contributed by atoms with van der Waals surface area (Å²) in [6.45, 7) is 4.25. The normalized spacial score (nSPS) is 15.0. The lowest BCUT2D eigenvalue weighted by Gasteiger charge is -2.31. The minimum atomic E-state index is -4.71. The maximum absolute atomic E-state index is 12.3. The van der Waals surface area contributed by atoms with Crippen molar-refractivity contribution >= 4 is 0 Å². The lowest BCUT2D eigenvalue weighted by atomic mass is 10.1. The predicted molar refractivity (Wildman–Crippen MR) is 132 cm³/mol. The van der Waals surface area contributed by atoms with Gasteiger partial charge in [-0.3, -0.25) is 9.88 Å². The highest BCUT2D eigenvalue weighted by atomic mass is 19.4. The van der Waals surface area contributed by atoms with Crippen LogP contribution in [-0.4, -0.2) is 40.4 Å². The van der Waals surface area contributed by atoms with Crippen molar-refractivity contribution in [2.24, 2.45) is 0 Å². The molecule has 192 valence electrons. The van der Waals surface area contributed by atoms with Crippen molar-refractivity contribution in [2.75, 3.05) is 13.1 Å². The highest BCUT2D eigenvalue weighted by molar-refractivity contribution is 5.67. The van der Waals surface area contributed by atoms with Crippen molar-refractivity contribution in [3.05, 3.63) is 84.5 Å². The van der Waals surface area contributed by atoms with Gasteiger partial charge in [0.05, 0.1) is 5.69 Å². The van der Waals surface area contributed by atoms with E-state index >= 15 is 0 Å². The van der Waals surface area contributed by atoms with Crippen LogP contribution < -0.4 is 9.47 Å². The molecule has 0 saturated carbocycles. The summed E-state index contributed by atoms with van der Waals surface area (Å²) in [6.07, 6.45) is 0.455. The number of hydrogen-bond acceptors (Lipinski definition) is 6. The smallest absolute Gasteiger partial charge is 0.490 e. The summed E-state index contributed by atoms with van der Waals surface area (Å²) >= 11 is 0. The molecule has 0 radical (unpaired) electrons. The maximum atomic E-state index is 12.3. The number of ether oxygens (including phenoxy) is 2. The quantitative estimate of drug-likeness (QED) is 0.278. The van der Waals surface area contributed by atoms with Gasteiger partial charge in [0, 0.05) is 37.6 Å². The van der Waals surface area contributed by atoms with Gasteiger partial charge in [-0.15, -0.1) is 13.2 Å². The first-order valence-corrected chi connectivity index (χ1v) is 12.0. The summed E-state index contributed by atoms with van der Waals surface area (Å²) in [5.41, 5.74) is 4.04. The minimum Gasteiger partial charge on any atom is -0.490 e. The van der Waals surface area contributed by atoms with Crippen molar-refractivity contribution in [3.63, 3.8) is 0 Å². The molecule has 0 aliphatic carbocycles. The Morgan fingerprint density at radius 1 is 0.865 bits per heavy atom. The van der Waals surface area contributed by atoms with E-state index < -0.39 is 6.36 Å². The largest absolute Gasteiger partial charge is 0.573 e. The second-order valence-electron chi connectivity index (χ2n) is 8.95. The van der Waals surface area contributed by atoms with E-state index in [1.54, 1.807) is 12.4 Å². The summed E-state index contributed by atoms with van der Waals surface area (Å²) < 4.78 is 52.8. The summed E-state index contributed by atoms with van der Waals surface area (Å²) in [6, 6.07) is 17.6. The van der Waals surface area contributed by atoms with Crippen LogP contribution in [0.3, 0.4) is 0 Å². The van der Waals surface area contributed by atoms with E-state index in [-0.39, 0.29) is 11.9 Å². The van der Waals surface area contributed by atoms with Crippen molar-refractivity contribution in [2.45, 2.75) is 38.8 Å². The van der Waals surface area contributed by atoms with Crippen molar-refractivity contribution in [1.29, 1.82) is 0 Å². The number of likely N-dealkylation sites (tertiary alicyclic amines) is 1. The molecule has 5 rings (SSSR count). The van der Waals surface area contributed by atoms with Gasteiger partial charge in [-0.25, -0.2) is 4.98 Å². The number of aryl methyl sites for hydroxylation is 1. The zero-order chi connectivity index (χ0) is 25.8. The van der Waals surface area contributed by atoms with Crippen molar-refractivity contribution in [1.82, 2.24) is 14.9 Å². The van der Waals surface area contributed by atoms with Crippen LogP contribution in [0.5, 0.6) is 11.5 Å². The molecule has 0 amide bonds. The number of aromatic nitrogens is 2. The number of hydrogen-bond donors (Lipinski definition) is 0. The standard InChI is InChI=1S/C28H26F3N3O3/c1-19-26(33-27(35-19)22-4-2-20(3-5-22)21-10-14-32-15-11-21)18-34-16-12-24(13-17-34)36-23-6-8-25(9-7-23)37-28(29,30)31/h2-11,14-15,24H,12-13,16-18H2,1H3. The third kappa shape index (κ3) is 6.48. The van der Waals surface area contributed by atoms with Gasteiger partial charge in [-0.2, -0.15) is 0 Å². The first kappa shape index (κ1) is 24.8. The zero-order valence-electron chi connectivity index (χ0n) is 20.2. The van der Waals surface area contributed by atoms with Crippen LogP contribution in [0, 0.1) is 6.92 Å². The lowest BCUT2D eigenvalue weighted by molar-refractivity contribution is -0.274. The van der Waals surface area contributed by atoms with E-state index in [4.69, 9.17) is 14.1 Å². The SMILES string of the molecule is Cc1oc(-c2ccc(-c3ccncc3)cc2)nc1CN1CCC(Oc2ccc(OC(F)(F)F)cc2)CC1. The van der Waals surface area contributed by atoms with Crippen LogP contribution in [-0.2, 0) is 6.54 Å². The molecule has 1 fully saturated rings. The molecule has 9 heteroatoms. The number of pyridine rings is 1. The van der Waals surface area contributed by atoms with Gasteiger partial charge in [0.25, 0.3) is 0 Å². The van der Waals surface area contributed by atoms with E-state index in [0.717, 1.165) is 54.1 Å². The van der Waals surface area contributed by atoms with Gasteiger partial charge in [-0.05, 0) is 79.4 Å². The number of halogens is 3. The van der Waals surface area contributed by atoms with Crippen LogP contribution in [0.4, 0.5) is 13.2 Å². The van der Waals surface area contributed by atoms with Crippen LogP contribution >= 0.6 is 0 Å². The van der Waals surface area contributed by atoms with Gasteiger partial charge < -0.3 is 13.9 Å². The van der Waals surface area contributed by atoms with E-state index in [2.05, 4.69) is 14.6 Å². The predicted octanol–water partition coefficient (Wildman–Crippen LogP) is 6.65. The topological polar surface area (TPSA) is 60.6 Å². The molecule has 2 aromatic heterocycles. The maximum Gasteiger partial charge on any atom is 0.573 e. The second kappa shape index (κ2) is 10.6. The minimum absolute atomic E-state index is 0.00138. The molecule has 3 heterocycles. The molecule has 0 atom stereocenters. The van der Waals surface area contributed by atoms with Gasteiger partial charge in [0.2, 0.25) is 5.89 Å². The molecule has 0 bridgehead atoms. The molecular formula is C28H26F3N3O3. The van der Waals surface area contributed by atoms with Crippen LogP contribution in [0.25, 0.3) is 22.6 Å². The zero-order valence-corrected chi connectivity index (χ0v) is 20.2. The Morgan fingerprint density at radius 2 is 1.46 bits per heavy atom. The highest BCUT2D eigenvalue weighted by Gasteiger charge is 2.31. The van der Waals surface area contributed by atoms with Gasteiger partial charge in [0.1, 0.15) is 23.4 Å². The number of benzene rings is 2.